The van der Waals surface area contributed by atoms with Crippen LogP contribution in [0.4, 0.5) is 5.69 Å². The van der Waals surface area contributed by atoms with Gasteiger partial charge in [-0.05, 0) is 52.0 Å². The van der Waals surface area contributed by atoms with Crippen LogP contribution in [0.25, 0.3) is 0 Å². The van der Waals surface area contributed by atoms with Crippen LogP contribution in [0.2, 0.25) is 0 Å². The van der Waals surface area contributed by atoms with E-state index in [1.54, 1.807) is 36.6 Å². The van der Waals surface area contributed by atoms with Gasteiger partial charge in [0.2, 0.25) is 0 Å². The van der Waals surface area contributed by atoms with Crippen molar-refractivity contribution < 1.29 is 8.42 Å². The molecule has 0 aliphatic carbocycles. The first kappa shape index (κ1) is 14.5. The average molecular weight is 361 g/mol. The lowest BCUT2D eigenvalue weighted by atomic mass is 10.1. The Morgan fingerprint density at radius 3 is 2.68 bits per heavy atom. The van der Waals surface area contributed by atoms with Crippen molar-refractivity contribution in [3.05, 3.63) is 45.7 Å². The number of halogens is 1. The molecule has 0 aliphatic rings. The van der Waals surface area contributed by atoms with Crippen molar-refractivity contribution >= 4 is 43.0 Å². The van der Waals surface area contributed by atoms with Crippen LogP contribution in [0.15, 0.2) is 44.4 Å². The summed E-state index contributed by atoms with van der Waals surface area (Å²) in [5, 5.41) is 1.73. The molecule has 0 radical (unpaired) electrons. The SMILES string of the molecule is CC(NS(=O)(=O)c1sccc1Br)c1cccc(N)c1. The van der Waals surface area contributed by atoms with E-state index in [4.69, 9.17) is 5.73 Å². The molecule has 3 N–H and O–H groups in total. The molecule has 4 nitrogen and oxygen atoms in total. The molecule has 0 bridgehead atoms. The summed E-state index contributed by atoms with van der Waals surface area (Å²) in [5.41, 5.74) is 7.14. The number of hydrogen-bond acceptors (Lipinski definition) is 4. The molecule has 7 heteroatoms. The zero-order valence-corrected chi connectivity index (χ0v) is 13.3. The summed E-state index contributed by atoms with van der Waals surface area (Å²) in [4.78, 5) is 0. The lowest BCUT2D eigenvalue weighted by Crippen LogP contribution is -2.26. The molecule has 0 spiro atoms. The molecule has 0 saturated heterocycles. The Hall–Kier alpha value is -0.890. The minimum Gasteiger partial charge on any atom is -0.399 e. The number of anilines is 1. The van der Waals surface area contributed by atoms with Gasteiger partial charge in [-0.1, -0.05) is 12.1 Å². The Labute approximate surface area is 124 Å². The van der Waals surface area contributed by atoms with Crippen LogP contribution in [0.5, 0.6) is 0 Å². The third-order valence-corrected chi connectivity index (χ3v) is 6.78. The van der Waals surface area contributed by atoms with Crippen molar-refractivity contribution in [1.82, 2.24) is 4.72 Å². The van der Waals surface area contributed by atoms with Crippen molar-refractivity contribution in [3.63, 3.8) is 0 Å². The van der Waals surface area contributed by atoms with E-state index in [1.807, 2.05) is 6.07 Å². The fourth-order valence-electron chi connectivity index (χ4n) is 1.65. The summed E-state index contributed by atoms with van der Waals surface area (Å²) in [6.45, 7) is 1.79. The van der Waals surface area contributed by atoms with Crippen LogP contribution in [0.3, 0.4) is 0 Å². The van der Waals surface area contributed by atoms with Gasteiger partial charge >= 0.3 is 0 Å². The molecule has 1 atom stereocenters. The maximum Gasteiger partial charge on any atom is 0.251 e. The predicted molar refractivity (Wildman–Crippen MR) is 81.6 cm³/mol. The summed E-state index contributed by atoms with van der Waals surface area (Å²) < 4.78 is 27.9. The molecule has 19 heavy (non-hydrogen) atoms. The fourth-order valence-corrected chi connectivity index (χ4v) is 5.24. The van der Waals surface area contributed by atoms with Gasteiger partial charge in [-0.2, -0.15) is 0 Å². The number of nitrogens with one attached hydrogen (secondary N) is 1. The van der Waals surface area contributed by atoms with Gasteiger partial charge in [-0.3, -0.25) is 0 Å². The summed E-state index contributed by atoms with van der Waals surface area (Å²) in [7, 11) is -3.53. The third-order valence-electron chi connectivity index (χ3n) is 2.57. The molecule has 1 aromatic carbocycles. The molecule has 0 saturated carbocycles. The summed E-state index contributed by atoms with van der Waals surface area (Å²) >= 11 is 4.41. The largest absolute Gasteiger partial charge is 0.399 e. The standard InChI is InChI=1S/C12H13BrN2O2S2/c1-8(9-3-2-4-10(14)7-9)15-19(16,17)12-11(13)5-6-18-12/h2-8,15H,14H2,1H3. The zero-order valence-electron chi connectivity index (χ0n) is 10.1. The first-order valence-corrected chi connectivity index (χ1v) is 8.66. The first-order chi connectivity index (χ1) is 8.90. The lowest BCUT2D eigenvalue weighted by Gasteiger charge is -2.14. The second-order valence-corrected chi connectivity index (χ2v) is 7.75. The average Bonchev–Trinajstić information content (AvgIpc) is 2.75. The second kappa shape index (κ2) is 5.62. The second-order valence-electron chi connectivity index (χ2n) is 4.07. The topological polar surface area (TPSA) is 72.2 Å². The Morgan fingerprint density at radius 2 is 2.11 bits per heavy atom. The van der Waals surface area contributed by atoms with Gasteiger partial charge in [0.15, 0.2) is 0 Å². The van der Waals surface area contributed by atoms with E-state index >= 15 is 0 Å². The monoisotopic (exact) mass is 360 g/mol. The van der Waals surface area contributed by atoms with Crippen molar-refractivity contribution in [2.45, 2.75) is 17.2 Å². The van der Waals surface area contributed by atoms with Crippen LogP contribution in [-0.2, 0) is 10.0 Å². The minimum atomic E-state index is -3.53. The highest BCUT2D eigenvalue weighted by atomic mass is 79.9. The van der Waals surface area contributed by atoms with E-state index in [2.05, 4.69) is 20.7 Å². The van der Waals surface area contributed by atoms with Crippen molar-refractivity contribution in [1.29, 1.82) is 0 Å². The molecule has 2 aromatic rings. The van der Waals surface area contributed by atoms with E-state index in [9.17, 15) is 8.42 Å². The maximum absolute atomic E-state index is 12.2. The van der Waals surface area contributed by atoms with Gasteiger partial charge in [0, 0.05) is 16.2 Å². The van der Waals surface area contributed by atoms with Crippen molar-refractivity contribution in [2.75, 3.05) is 5.73 Å². The van der Waals surface area contributed by atoms with Gasteiger partial charge < -0.3 is 5.73 Å². The summed E-state index contributed by atoms with van der Waals surface area (Å²) in [6, 6.07) is 8.54. The number of benzene rings is 1. The first-order valence-electron chi connectivity index (χ1n) is 5.51. The summed E-state index contributed by atoms with van der Waals surface area (Å²) in [5.74, 6) is 0. The number of nitrogen functional groups attached to an aromatic ring is 1. The predicted octanol–water partition coefficient (Wildman–Crippen LogP) is 3.13. The molecule has 0 fully saturated rings. The van der Waals surface area contributed by atoms with Crippen LogP contribution >= 0.6 is 27.3 Å². The molecule has 1 aromatic heterocycles. The highest BCUT2D eigenvalue weighted by Crippen LogP contribution is 2.28. The molecule has 0 aliphatic heterocycles. The molecule has 102 valence electrons. The van der Waals surface area contributed by atoms with Gasteiger partial charge in [-0.15, -0.1) is 11.3 Å². The molecule has 1 heterocycles. The molecule has 2 rings (SSSR count). The summed E-state index contributed by atoms with van der Waals surface area (Å²) in [6.07, 6.45) is 0. The number of nitrogens with two attached hydrogens (primary N) is 1. The Morgan fingerprint density at radius 1 is 1.37 bits per heavy atom. The van der Waals surface area contributed by atoms with Gasteiger partial charge in [0.05, 0.1) is 0 Å². The van der Waals surface area contributed by atoms with E-state index in [0.717, 1.165) is 5.56 Å². The van der Waals surface area contributed by atoms with Crippen molar-refractivity contribution in [2.24, 2.45) is 0 Å². The molecular weight excluding hydrogens is 348 g/mol. The third kappa shape index (κ3) is 3.36. The number of rotatable bonds is 4. The molecular formula is C12H13BrN2O2S2. The Kier molecular flexibility index (Phi) is 4.29. The van der Waals surface area contributed by atoms with E-state index in [1.165, 1.54) is 11.3 Å². The quantitative estimate of drug-likeness (QED) is 0.822. The maximum atomic E-state index is 12.2. The lowest BCUT2D eigenvalue weighted by molar-refractivity contribution is 0.568. The van der Waals surface area contributed by atoms with E-state index in [-0.39, 0.29) is 10.3 Å². The Balaban J connectivity index is 2.24. The van der Waals surface area contributed by atoms with Gasteiger partial charge in [0.1, 0.15) is 4.21 Å². The van der Waals surface area contributed by atoms with Crippen LogP contribution in [0.1, 0.15) is 18.5 Å². The van der Waals surface area contributed by atoms with Crippen molar-refractivity contribution in [3.8, 4) is 0 Å². The van der Waals surface area contributed by atoms with E-state index < -0.39 is 10.0 Å². The highest BCUT2D eigenvalue weighted by molar-refractivity contribution is 9.10. The van der Waals surface area contributed by atoms with Crippen LogP contribution in [-0.4, -0.2) is 8.42 Å². The fraction of sp³-hybridized carbons (Fsp3) is 0.167. The molecule has 0 amide bonds. The highest BCUT2D eigenvalue weighted by Gasteiger charge is 2.22. The molecule has 1 unspecified atom stereocenters. The number of thiophene rings is 1. The Bertz CT molecular complexity index is 683. The number of sulfonamides is 1. The number of hydrogen-bond donors (Lipinski definition) is 2. The van der Waals surface area contributed by atoms with Gasteiger partial charge in [-0.25, -0.2) is 13.1 Å². The van der Waals surface area contributed by atoms with Crippen LogP contribution in [0, 0.1) is 0 Å². The minimum absolute atomic E-state index is 0.281. The van der Waals surface area contributed by atoms with E-state index in [0.29, 0.717) is 10.2 Å². The van der Waals surface area contributed by atoms with Crippen LogP contribution < -0.4 is 10.5 Å². The van der Waals surface area contributed by atoms with Gasteiger partial charge in [0.25, 0.3) is 10.0 Å². The normalized spacial score (nSPS) is 13.4. The zero-order chi connectivity index (χ0) is 14.0. The smallest absolute Gasteiger partial charge is 0.251 e.